The molecule has 3 rings (SSSR count). The van der Waals surface area contributed by atoms with E-state index >= 15 is 0 Å². The highest BCUT2D eigenvalue weighted by Gasteiger charge is 2.17. The van der Waals surface area contributed by atoms with E-state index in [1.54, 1.807) is 25.3 Å². The van der Waals surface area contributed by atoms with Gasteiger partial charge in [0.1, 0.15) is 11.5 Å². The second-order valence-electron chi connectivity index (χ2n) is 5.65. The molecule has 2 heterocycles. The quantitative estimate of drug-likeness (QED) is 0.534. The summed E-state index contributed by atoms with van der Waals surface area (Å²) >= 11 is 0. The third kappa shape index (κ3) is 4.43. The van der Waals surface area contributed by atoms with Gasteiger partial charge in [-0.15, -0.1) is 0 Å². The fourth-order valence-corrected chi connectivity index (χ4v) is 2.69. The summed E-state index contributed by atoms with van der Waals surface area (Å²) in [6, 6.07) is 6.75. The number of nitrogens with two attached hydrogens (primary N) is 1. The molecule has 0 aliphatic rings. The Hall–Kier alpha value is -4.08. The lowest BCUT2D eigenvalue weighted by Crippen LogP contribution is -2.21. The average Bonchev–Trinajstić information content (AvgIpc) is 2.71. The van der Waals surface area contributed by atoms with Crippen molar-refractivity contribution in [1.29, 1.82) is 0 Å². The number of aromatic hydroxyl groups is 1. The van der Waals surface area contributed by atoms with E-state index in [0.29, 0.717) is 11.5 Å². The zero-order valence-electron chi connectivity index (χ0n) is 15.7. The topological polar surface area (TPSA) is 154 Å². The standard InChI is InChI=1S/C18H16N2O6.CH3NO/c1-25-11-4-3-10(14(7-11)26-2)9-20-6-5-12-13(17(20)22)8-19-15(16(12)21)18(23)24;2-1-3/h3-8,21H,9H2,1-2H3,(H,23,24);1H,(H2,2,3). The highest BCUT2D eigenvalue weighted by molar-refractivity contribution is 5.97. The second kappa shape index (κ2) is 9.22. The van der Waals surface area contributed by atoms with Gasteiger partial charge in [-0.1, -0.05) is 0 Å². The first-order chi connectivity index (χ1) is 13.9. The molecular weight excluding hydrogens is 382 g/mol. The van der Waals surface area contributed by atoms with Crippen molar-refractivity contribution in [1.82, 2.24) is 9.55 Å². The molecule has 0 saturated carbocycles. The third-order valence-electron chi connectivity index (χ3n) is 4.04. The predicted molar refractivity (Wildman–Crippen MR) is 104 cm³/mol. The number of carboxylic acid groups (broad SMARTS) is 1. The normalized spacial score (nSPS) is 10.0. The number of hydrogen-bond acceptors (Lipinski definition) is 7. The molecule has 29 heavy (non-hydrogen) atoms. The Morgan fingerprint density at radius 2 is 1.93 bits per heavy atom. The smallest absolute Gasteiger partial charge is 0.358 e. The monoisotopic (exact) mass is 401 g/mol. The molecule has 1 amide bonds. The number of methoxy groups -OCH3 is 2. The maximum atomic E-state index is 12.7. The predicted octanol–water partition coefficient (Wildman–Crippen LogP) is 0.967. The van der Waals surface area contributed by atoms with Crippen molar-refractivity contribution in [3.05, 3.63) is 58.3 Å². The van der Waals surface area contributed by atoms with Gasteiger partial charge in [0.2, 0.25) is 6.41 Å². The fraction of sp³-hybridized carbons (Fsp3) is 0.158. The summed E-state index contributed by atoms with van der Waals surface area (Å²) in [6.07, 6.45) is 2.89. The number of rotatable bonds is 5. The van der Waals surface area contributed by atoms with Crippen LogP contribution in [0.5, 0.6) is 17.2 Å². The molecule has 0 aliphatic heterocycles. The van der Waals surface area contributed by atoms with Crippen LogP contribution in [0.4, 0.5) is 0 Å². The summed E-state index contributed by atoms with van der Waals surface area (Å²) in [4.78, 5) is 36.0. The van der Waals surface area contributed by atoms with E-state index in [9.17, 15) is 14.7 Å². The lowest BCUT2D eigenvalue weighted by Gasteiger charge is -2.13. The summed E-state index contributed by atoms with van der Waals surface area (Å²) < 4.78 is 11.9. The lowest BCUT2D eigenvalue weighted by molar-refractivity contribution is -0.106. The number of pyridine rings is 2. The zero-order valence-corrected chi connectivity index (χ0v) is 15.7. The van der Waals surface area contributed by atoms with E-state index < -0.39 is 23.0 Å². The van der Waals surface area contributed by atoms with Gasteiger partial charge in [-0.2, -0.15) is 0 Å². The minimum absolute atomic E-state index is 0.127. The number of carbonyl (C=O) groups is 2. The molecule has 4 N–H and O–H groups in total. The van der Waals surface area contributed by atoms with Crippen LogP contribution in [0.3, 0.4) is 0 Å². The van der Waals surface area contributed by atoms with Crippen LogP contribution >= 0.6 is 0 Å². The molecule has 0 spiro atoms. The Morgan fingerprint density at radius 3 is 2.52 bits per heavy atom. The van der Waals surface area contributed by atoms with Crippen LogP contribution in [0.2, 0.25) is 0 Å². The molecule has 10 heteroatoms. The number of hydrogen-bond donors (Lipinski definition) is 3. The molecule has 0 unspecified atom stereocenters. The Kier molecular flexibility index (Phi) is 6.75. The largest absolute Gasteiger partial charge is 0.505 e. The minimum atomic E-state index is -1.36. The number of carbonyl (C=O) groups excluding carboxylic acids is 1. The van der Waals surface area contributed by atoms with Crippen LogP contribution in [-0.4, -0.2) is 46.4 Å². The first-order valence-electron chi connectivity index (χ1n) is 8.18. The lowest BCUT2D eigenvalue weighted by atomic mass is 10.1. The molecule has 3 aromatic rings. The van der Waals surface area contributed by atoms with E-state index in [4.69, 9.17) is 19.4 Å². The Bertz CT molecular complexity index is 1110. The summed E-state index contributed by atoms with van der Waals surface area (Å²) in [6.45, 7) is 0.226. The summed E-state index contributed by atoms with van der Waals surface area (Å²) in [5.74, 6) is -0.692. The number of amides is 1. The van der Waals surface area contributed by atoms with Crippen LogP contribution in [0.1, 0.15) is 16.1 Å². The van der Waals surface area contributed by atoms with E-state index in [2.05, 4.69) is 10.7 Å². The van der Waals surface area contributed by atoms with Crippen LogP contribution < -0.4 is 20.8 Å². The molecule has 0 saturated heterocycles. The van der Waals surface area contributed by atoms with E-state index in [1.165, 1.54) is 23.9 Å². The first-order valence-corrected chi connectivity index (χ1v) is 8.18. The molecular formula is C19H19N3O7. The van der Waals surface area contributed by atoms with Gasteiger partial charge in [-0.05, 0) is 18.2 Å². The van der Waals surface area contributed by atoms with E-state index in [0.717, 1.165) is 11.8 Å². The van der Waals surface area contributed by atoms with Gasteiger partial charge in [-0.3, -0.25) is 9.59 Å². The van der Waals surface area contributed by atoms with Crippen molar-refractivity contribution < 1.29 is 29.3 Å². The third-order valence-corrected chi connectivity index (χ3v) is 4.04. The number of fused-ring (bicyclic) bond motifs is 1. The maximum Gasteiger partial charge on any atom is 0.358 e. The van der Waals surface area contributed by atoms with Crippen LogP contribution in [-0.2, 0) is 11.3 Å². The highest BCUT2D eigenvalue weighted by Crippen LogP contribution is 2.27. The molecule has 2 aromatic heterocycles. The summed E-state index contributed by atoms with van der Waals surface area (Å²) in [7, 11) is 3.07. The van der Waals surface area contributed by atoms with Crippen molar-refractivity contribution >= 4 is 23.2 Å². The van der Waals surface area contributed by atoms with Crippen molar-refractivity contribution in [2.75, 3.05) is 14.2 Å². The first kappa shape index (κ1) is 21.2. The molecule has 0 aliphatic carbocycles. The maximum absolute atomic E-state index is 12.7. The minimum Gasteiger partial charge on any atom is -0.505 e. The van der Waals surface area contributed by atoms with Crippen LogP contribution in [0.15, 0.2) is 41.5 Å². The number of primary amides is 1. The number of benzene rings is 1. The fourth-order valence-electron chi connectivity index (χ4n) is 2.69. The molecule has 152 valence electrons. The van der Waals surface area contributed by atoms with Crippen molar-refractivity contribution in [3.63, 3.8) is 0 Å². The summed E-state index contributed by atoms with van der Waals surface area (Å²) in [5, 5.41) is 19.3. The van der Waals surface area contributed by atoms with Crippen molar-refractivity contribution in [2.24, 2.45) is 5.73 Å². The molecule has 0 fully saturated rings. The van der Waals surface area contributed by atoms with Crippen molar-refractivity contribution in [2.45, 2.75) is 6.54 Å². The molecule has 10 nitrogen and oxygen atoms in total. The van der Waals surface area contributed by atoms with Crippen LogP contribution in [0, 0.1) is 0 Å². The van der Waals surface area contributed by atoms with Crippen LogP contribution in [0.25, 0.3) is 10.8 Å². The van der Waals surface area contributed by atoms with Gasteiger partial charge in [0.25, 0.3) is 5.56 Å². The average molecular weight is 401 g/mol. The Balaban J connectivity index is 0.000000941. The number of ether oxygens (including phenoxy) is 2. The van der Waals surface area contributed by atoms with Gasteiger partial charge < -0.3 is 30.0 Å². The molecule has 0 atom stereocenters. The number of nitrogens with zero attached hydrogens (tertiary/aromatic N) is 2. The van der Waals surface area contributed by atoms with Gasteiger partial charge in [0, 0.05) is 29.4 Å². The number of aromatic carboxylic acids is 1. The van der Waals surface area contributed by atoms with Gasteiger partial charge in [0.05, 0.1) is 26.2 Å². The Morgan fingerprint density at radius 1 is 1.24 bits per heavy atom. The molecule has 0 radical (unpaired) electrons. The molecule has 0 bridgehead atoms. The molecule has 1 aromatic carbocycles. The number of aromatic nitrogens is 2. The second-order valence-corrected chi connectivity index (χ2v) is 5.65. The zero-order chi connectivity index (χ0) is 21.6. The summed E-state index contributed by atoms with van der Waals surface area (Å²) in [5.41, 5.74) is 4.03. The SMILES string of the molecule is COc1ccc(Cn2ccc3c(O)c(C(=O)O)ncc3c2=O)c(OC)c1.NC=O. The Labute approximate surface area is 164 Å². The highest BCUT2D eigenvalue weighted by atomic mass is 16.5. The van der Waals surface area contributed by atoms with E-state index in [-0.39, 0.29) is 23.7 Å². The van der Waals surface area contributed by atoms with Gasteiger partial charge >= 0.3 is 5.97 Å². The van der Waals surface area contributed by atoms with Gasteiger partial charge in [0.15, 0.2) is 11.4 Å². The van der Waals surface area contributed by atoms with Gasteiger partial charge in [-0.25, -0.2) is 9.78 Å². The van der Waals surface area contributed by atoms with Crippen molar-refractivity contribution in [3.8, 4) is 17.2 Å². The number of carboxylic acids is 1. The van der Waals surface area contributed by atoms with E-state index in [1.807, 2.05) is 0 Å².